The number of rotatable bonds is 7. The Hall–Kier alpha value is -2.12. The fourth-order valence-corrected chi connectivity index (χ4v) is 3.76. The lowest BCUT2D eigenvalue weighted by atomic mass is 9.97. The molecule has 2 N–H and O–H groups in total. The molecule has 0 aromatic heterocycles. The maximum absolute atomic E-state index is 13.0. The van der Waals surface area contributed by atoms with Gasteiger partial charge in [-0.05, 0) is 49.8 Å². The Morgan fingerprint density at radius 2 is 2.04 bits per heavy atom. The predicted molar refractivity (Wildman–Crippen MR) is 109 cm³/mol. The van der Waals surface area contributed by atoms with Gasteiger partial charge in [0.15, 0.2) is 0 Å². The molecule has 0 saturated carbocycles. The maximum atomic E-state index is 13.0. The molecular formula is C21H31N3O4. The molecule has 0 bridgehead atoms. The Kier molecular flexibility index (Phi) is 7.28. The van der Waals surface area contributed by atoms with E-state index in [1.165, 1.54) is 7.11 Å². The van der Waals surface area contributed by atoms with Gasteiger partial charge < -0.3 is 25.0 Å². The van der Waals surface area contributed by atoms with Crippen LogP contribution >= 0.6 is 0 Å². The van der Waals surface area contributed by atoms with Crippen molar-refractivity contribution in [3.05, 3.63) is 23.8 Å². The minimum absolute atomic E-state index is 0.0215. The topological polar surface area (TPSA) is 79.9 Å². The van der Waals surface area contributed by atoms with Crippen LogP contribution in [0.15, 0.2) is 18.2 Å². The number of carbonyl (C=O) groups excluding carboxylic acids is 2. The van der Waals surface area contributed by atoms with Crippen LogP contribution in [0.3, 0.4) is 0 Å². The SMILES string of the molecule is COCC(=O)Nc1ccc(N2CCC(C)CC2)c(C(=O)NCC2CCCO2)c1. The van der Waals surface area contributed by atoms with E-state index in [1.807, 2.05) is 12.1 Å². The Morgan fingerprint density at radius 1 is 1.25 bits per heavy atom. The highest BCUT2D eigenvalue weighted by Gasteiger charge is 2.23. The van der Waals surface area contributed by atoms with Gasteiger partial charge >= 0.3 is 0 Å². The molecule has 1 aromatic rings. The number of amides is 2. The van der Waals surface area contributed by atoms with Crippen LogP contribution in [-0.4, -0.2) is 57.9 Å². The van der Waals surface area contributed by atoms with E-state index in [4.69, 9.17) is 9.47 Å². The number of hydrogen-bond donors (Lipinski definition) is 2. The molecule has 3 rings (SSSR count). The summed E-state index contributed by atoms with van der Waals surface area (Å²) in [4.78, 5) is 27.1. The molecule has 28 heavy (non-hydrogen) atoms. The van der Waals surface area contributed by atoms with E-state index in [0.717, 1.165) is 51.1 Å². The summed E-state index contributed by atoms with van der Waals surface area (Å²) >= 11 is 0. The van der Waals surface area contributed by atoms with Crippen LogP contribution in [0.2, 0.25) is 0 Å². The van der Waals surface area contributed by atoms with Gasteiger partial charge in [0.1, 0.15) is 6.61 Å². The van der Waals surface area contributed by atoms with Crippen molar-refractivity contribution in [2.75, 3.05) is 50.2 Å². The lowest BCUT2D eigenvalue weighted by Crippen LogP contribution is -2.36. The fourth-order valence-electron chi connectivity index (χ4n) is 3.76. The monoisotopic (exact) mass is 389 g/mol. The highest BCUT2D eigenvalue weighted by Crippen LogP contribution is 2.29. The third kappa shape index (κ3) is 5.45. The fraction of sp³-hybridized carbons (Fsp3) is 0.619. The summed E-state index contributed by atoms with van der Waals surface area (Å²) in [6, 6.07) is 5.53. The van der Waals surface area contributed by atoms with Crippen molar-refractivity contribution in [1.82, 2.24) is 5.32 Å². The minimum atomic E-state index is -0.243. The lowest BCUT2D eigenvalue weighted by Gasteiger charge is -2.33. The van der Waals surface area contributed by atoms with Gasteiger partial charge in [0, 0.05) is 44.7 Å². The average molecular weight is 389 g/mol. The number of nitrogens with one attached hydrogen (secondary N) is 2. The second-order valence-corrected chi connectivity index (χ2v) is 7.73. The van der Waals surface area contributed by atoms with Crippen molar-refractivity contribution < 1.29 is 19.1 Å². The molecule has 2 fully saturated rings. The van der Waals surface area contributed by atoms with Crippen molar-refractivity contribution in [2.24, 2.45) is 5.92 Å². The molecule has 1 atom stereocenters. The average Bonchev–Trinajstić information content (AvgIpc) is 3.21. The largest absolute Gasteiger partial charge is 0.376 e. The molecule has 2 aliphatic rings. The van der Waals surface area contributed by atoms with Crippen molar-refractivity contribution in [3.63, 3.8) is 0 Å². The van der Waals surface area contributed by atoms with E-state index in [-0.39, 0.29) is 24.5 Å². The summed E-state index contributed by atoms with van der Waals surface area (Å²) in [6.07, 6.45) is 4.34. The summed E-state index contributed by atoms with van der Waals surface area (Å²) in [5.41, 5.74) is 2.10. The molecule has 2 heterocycles. The molecule has 2 amide bonds. The first kappa shape index (κ1) is 20.6. The van der Waals surface area contributed by atoms with Crippen LogP contribution in [0.5, 0.6) is 0 Å². The number of anilines is 2. The lowest BCUT2D eigenvalue weighted by molar-refractivity contribution is -0.119. The quantitative estimate of drug-likeness (QED) is 0.749. The van der Waals surface area contributed by atoms with Gasteiger partial charge in [-0.15, -0.1) is 0 Å². The van der Waals surface area contributed by atoms with E-state index in [2.05, 4.69) is 22.5 Å². The number of hydrogen-bond acceptors (Lipinski definition) is 5. The number of nitrogens with zero attached hydrogens (tertiary/aromatic N) is 1. The van der Waals surface area contributed by atoms with Gasteiger partial charge in [0.2, 0.25) is 5.91 Å². The van der Waals surface area contributed by atoms with Crippen molar-refractivity contribution in [2.45, 2.75) is 38.7 Å². The Balaban J connectivity index is 1.76. The zero-order valence-corrected chi connectivity index (χ0v) is 16.8. The number of carbonyl (C=O) groups is 2. The molecule has 0 radical (unpaired) electrons. The van der Waals surface area contributed by atoms with Crippen LogP contribution in [-0.2, 0) is 14.3 Å². The van der Waals surface area contributed by atoms with Crippen LogP contribution < -0.4 is 15.5 Å². The Morgan fingerprint density at radius 3 is 2.71 bits per heavy atom. The second-order valence-electron chi connectivity index (χ2n) is 7.73. The van der Waals surface area contributed by atoms with E-state index in [0.29, 0.717) is 23.7 Å². The molecular weight excluding hydrogens is 358 g/mol. The van der Waals surface area contributed by atoms with Crippen LogP contribution in [0.25, 0.3) is 0 Å². The van der Waals surface area contributed by atoms with E-state index < -0.39 is 0 Å². The molecule has 0 aliphatic carbocycles. The molecule has 2 aliphatic heterocycles. The number of piperidine rings is 1. The Labute approximate surface area is 166 Å². The van der Waals surface area contributed by atoms with Gasteiger partial charge in [-0.1, -0.05) is 6.92 Å². The summed E-state index contributed by atoms with van der Waals surface area (Å²) in [5.74, 6) is 0.334. The minimum Gasteiger partial charge on any atom is -0.376 e. The van der Waals surface area contributed by atoms with E-state index >= 15 is 0 Å². The highest BCUT2D eigenvalue weighted by atomic mass is 16.5. The van der Waals surface area contributed by atoms with Crippen LogP contribution in [0.1, 0.15) is 43.0 Å². The van der Waals surface area contributed by atoms with E-state index in [9.17, 15) is 9.59 Å². The molecule has 1 aromatic carbocycles. The number of benzene rings is 1. The third-order valence-electron chi connectivity index (χ3n) is 5.44. The van der Waals surface area contributed by atoms with Crippen LogP contribution in [0, 0.1) is 5.92 Å². The van der Waals surface area contributed by atoms with Gasteiger partial charge in [0.25, 0.3) is 5.91 Å². The smallest absolute Gasteiger partial charge is 0.253 e. The highest BCUT2D eigenvalue weighted by molar-refractivity contribution is 6.02. The zero-order chi connectivity index (χ0) is 19.9. The van der Waals surface area contributed by atoms with Gasteiger partial charge in [-0.3, -0.25) is 9.59 Å². The van der Waals surface area contributed by atoms with Crippen molar-refractivity contribution >= 4 is 23.2 Å². The van der Waals surface area contributed by atoms with Crippen molar-refractivity contribution in [1.29, 1.82) is 0 Å². The molecule has 2 saturated heterocycles. The summed E-state index contributed by atoms with van der Waals surface area (Å²) in [6.45, 7) is 5.38. The van der Waals surface area contributed by atoms with Gasteiger partial charge in [-0.25, -0.2) is 0 Å². The molecule has 154 valence electrons. The molecule has 7 heteroatoms. The summed E-state index contributed by atoms with van der Waals surface area (Å²) < 4.78 is 10.5. The van der Waals surface area contributed by atoms with Crippen LogP contribution in [0.4, 0.5) is 11.4 Å². The van der Waals surface area contributed by atoms with Gasteiger partial charge in [0.05, 0.1) is 11.7 Å². The summed E-state index contributed by atoms with van der Waals surface area (Å²) in [7, 11) is 1.48. The second kappa shape index (κ2) is 9.89. The normalized spacial score (nSPS) is 20.2. The third-order valence-corrected chi connectivity index (χ3v) is 5.44. The standard InChI is InChI=1S/C21H31N3O4/c1-15-7-9-24(10-8-15)19-6-5-16(23-20(25)14-27-2)12-18(19)21(26)22-13-17-4-3-11-28-17/h5-6,12,15,17H,3-4,7-11,13-14H2,1-2H3,(H,22,26)(H,23,25). The number of ether oxygens (including phenoxy) is 2. The van der Waals surface area contributed by atoms with E-state index in [1.54, 1.807) is 6.07 Å². The first-order chi connectivity index (χ1) is 13.6. The molecule has 0 spiro atoms. The molecule has 7 nitrogen and oxygen atoms in total. The predicted octanol–water partition coefficient (Wildman–Crippen LogP) is 2.42. The Bertz CT molecular complexity index is 680. The van der Waals surface area contributed by atoms with Crippen molar-refractivity contribution in [3.8, 4) is 0 Å². The zero-order valence-electron chi connectivity index (χ0n) is 16.8. The maximum Gasteiger partial charge on any atom is 0.253 e. The number of methoxy groups -OCH3 is 1. The first-order valence-corrected chi connectivity index (χ1v) is 10.1. The summed E-state index contributed by atoms with van der Waals surface area (Å²) in [5, 5.41) is 5.79. The molecule has 1 unspecified atom stereocenters. The first-order valence-electron chi connectivity index (χ1n) is 10.1. The van der Waals surface area contributed by atoms with Gasteiger partial charge in [-0.2, -0.15) is 0 Å².